The van der Waals surface area contributed by atoms with Crippen molar-refractivity contribution in [2.45, 2.75) is 75.8 Å². The average Bonchev–Trinajstić information content (AvgIpc) is 2.82. The number of benzene rings is 2. The Hall–Kier alpha value is -2.27. The van der Waals surface area contributed by atoms with Crippen molar-refractivity contribution in [1.29, 1.82) is 0 Å². The van der Waals surface area contributed by atoms with E-state index in [0.29, 0.717) is 18.7 Å². The van der Waals surface area contributed by atoms with E-state index in [0.717, 1.165) is 24.2 Å². The monoisotopic (exact) mass is 452 g/mol. The second-order valence-corrected chi connectivity index (χ2v) is 9.74. The van der Waals surface area contributed by atoms with Gasteiger partial charge in [0, 0.05) is 17.5 Å². The standard InChI is InChI=1S/C27H36N2O2S/c1-3-25(27(31)28-23-12-8-5-9-13-23)29(19-18-22-10-6-4-7-11-22)26(30)20-32-24-16-14-21(2)15-17-24/h4,6-7,10-11,14-17,23,25H,3,5,8-9,12-13,18-20H2,1-2H3,(H,28,31)/t25-/m0/s1. The van der Waals surface area contributed by atoms with Crippen LogP contribution in [0.5, 0.6) is 0 Å². The molecule has 1 aliphatic rings. The summed E-state index contributed by atoms with van der Waals surface area (Å²) < 4.78 is 0. The molecule has 1 atom stereocenters. The van der Waals surface area contributed by atoms with Crippen LogP contribution in [0.1, 0.15) is 56.6 Å². The summed E-state index contributed by atoms with van der Waals surface area (Å²) in [6.45, 7) is 4.61. The van der Waals surface area contributed by atoms with E-state index in [1.807, 2.05) is 30.0 Å². The SMILES string of the molecule is CC[C@@H](C(=O)NC1CCCCC1)N(CCc1ccccc1)C(=O)CSc1ccc(C)cc1. The van der Waals surface area contributed by atoms with Crippen molar-refractivity contribution in [3.8, 4) is 0 Å². The number of rotatable bonds is 10. The van der Waals surface area contributed by atoms with Crippen LogP contribution in [0, 0.1) is 6.92 Å². The third kappa shape index (κ3) is 7.40. The summed E-state index contributed by atoms with van der Waals surface area (Å²) in [6.07, 6.45) is 7.05. The van der Waals surface area contributed by atoms with Gasteiger partial charge in [-0.25, -0.2) is 0 Å². The molecule has 2 aromatic carbocycles. The molecule has 2 amide bonds. The van der Waals surface area contributed by atoms with Crippen LogP contribution in [0.4, 0.5) is 0 Å². The molecule has 0 aromatic heterocycles. The molecule has 0 unspecified atom stereocenters. The van der Waals surface area contributed by atoms with Gasteiger partial charge < -0.3 is 10.2 Å². The summed E-state index contributed by atoms with van der Waals surface area (Å²) >= 11 is 1.54. The Bertz CT molecular complexity index is 848. The van der Waals surface area contributed by atoms with Crippen LogP contribution < -0.4 is 5.32 Å². The van der Waals surface area contributed by atoms with Gasteiger partial charge in [-0.15, -0.1) is 11.8 Å². The molecule has 32 heavy (non-hydrogen) atoms. The Kier molecular flexibility index (Phi) is 9.66. The zero-order chi connectivity index (χ0) is 22.8. The lowest BCUT2D eigenvalue weighted by Gasteiger charge is -2.32. The first-order valence-electron chi connectivity index (χ1n) is 11.9. The number of nitrogens with one attached hydrogen (secondary N) is 1. The highest BCUT2D eigenvalue weighted by Crippen LogP contribution is 2.21. The molecule has 0 heterocycles. The lowest BCUT2D eigenvalue weighted by atomic mass is 9.95. The molecule has 2 aromatic rings. The van der Waals surface area contributed by atoms with E-state index in [1.54, 1.807) is 0 Å². The first-order valence-corrected chi connectivity index (χ1v) is 12.9. The summed E-state index contributed by atoms with van der Waals surface area (Å²) in [7, 11) is 0. The van der Waals surface area contributed by atoms with E-state index >= 15 is 0 Å². The van der Waals surface area contributed by atoms with Crippen molar-refractivity contribution in [3.05, 3.63) is 65.7 Å². The minimum absolute atomic E-state index is 0.00106. The van der Waals surface area contributed by atoms with Gasteiger partial charge in [0.25, 0.3) is 0 Å². The highest BCUT2D eigenvalue weighted by atomic mass is 32.2. The molecule has 0 radical (unpaired) electrons. The van der Waals surface area contributed by atoms with Gasteiger partial charge in [0.05, 0.1) is 5.75 Å². The molecule has 1 fully saturated rings. The number of amides is 2. The zero-order valence-corrected chi connectivity index (χ0v) is 20.2. The van der Waals surface area contributed by atoms with E-state index in [4.69, 9.17) is 0 Å². The third-order valence-corrected chi connectivity index (χ3v) is 7.20. The van der Waals surface area contributed by atoms with Crippen molar-refractivity contribution < 1.29 is 9.59 Å². The van der Waals surface area contributed by atoms with Crippen molar-refractivity contribution in [3.63, 3.8) is 0 Å². The first-order chi connectivity index (χ1) is 15.6. The van der Waals surface area contributed by atoms with Gasteiger partial charge >= 0.3 is 0 Å². The fourth-order valence-electron chi connectivity index (χ4n) is 4.30. The number of hydrogen-bond acceptors (Lipinski definition) is 3. The third-order valence-electron chi connectivity index (χ3n) is 6.20. The summed E-state index contributed by atoms with van der Waals surface area (Å²) in [5.74, 6) is 0.365. The van der Waals surface area contributed by atoms with E-state index in [2.05, 4.69) is 48.6 Å². The molecule has 0 saturated heterocycles. The number of nitrogens with zero attached hydrogens (tertiary/aromatic N) is 1. The molecular formula is C27H36N2O2S. The van der Waals surface area contributed by atoms with Crippen molar-refractivity contribution in [1.82, 2.24) is 10.2 Å². The number of carbonyl (C=O) groups is 2. The Balaban J connectivity index is 1.68. The maximum absolute atomic E-state index is 13.3. The number of carbonyl (C=O) groups excluding carboxylic acids is 2. The fraction of sp³-hybridized carbons (Fsp3) is 0.481. The Morgan fingerprint density at radius 2 is 1.72 bits per heavy atom. The van der Waals surface area contributed by atoms with Crippen LogP contribution in [0.25, 0.3) is 0 Å². The van der Waals surface area contributed by atoms with Crippen molar-refractivity contribution in [2.75, 3.05) is 12.3 Å². The lowest BCUT2D eigenvalue weighted by Crippen LogP contribution is -2.52. The molecule has 3 rings (SSSR count). The molecule has 5 heteroatoms. The quantitative estimate of drug-likeness (QED) is 0.492. The van der Waals surface area contributed by atoms with Gasteiger partial charge in [-0.3, -0.25) is 9.59 Å². The van der Waals surface area contributed by atoms with E-state index < -0.39 is 6.04 Å². The summed E-state index contributed by atoms with van der Waals surface area (Å²) in [6, 6.07) is 18.2. The van der Waals surface area contributed by atoms with Crippen LogP contribution in [0.3, 0.4) is 0 Å². The highest BCUT2D eigenvalue weighted by Gasteiger charge is 2.29. The normalized spacial score (nSPS) is 15.2. The second-order valence-electron chi connectivity index (χ2n) is 8.69. The largest absolute Gasteiger partial charge is 0.352 e. The molecule has 0 spiro atoms. The van der Waals surface area contributed by atoms with Gasteiger partial charge in [-0.2, -0.15) is 0 Å². The minimum Gasteiger partial charge on any atom is -0.352 e. The highest BCUT2D eigenvalue weighted by molar-refractivity contribution is 8.00. The van der Waals surface area contributed by atoms with Gasteiger partial charge in [0.2, 0.25) is 11.8 Å². The van der Waals surface area contributed by atoms with E-state index in [-0.39, 0.29) is 17.9 Å². The topological polar surface area (TPSA) is 49.4 Å². The Morgan fingerprint density at radius 3 is 2.38 bits per heavy atom. The predicted octanol–water partition coefficient (Wildman–Crippen LogP) is 5.39. The van der Waals surface area contributed by atoms with Crippen molar-refractivity contribution >= 4 is 23.6 Å². The molecule has 0 bridgehead atoms. The minimum atomic E-state index is -0.424. The van der Waals surface area contributed by atoms with Crippen LogP contribution in [-0.2, 0) is 16.0 Å². The maximum atomic E-state index is 13.3. The van der Waals surface area contributed by atoms with Gasteiger partial charge in [0.15, 0.2) is 0 Å². The molecular weight excluding hydrogens is 416 g/mol. The van der Waals surface area contributed by atoms with Gasteiger partial charge in [-0.05, 0) is 50.3 Å². The molecule has 0 aliphatic heterocycles. The lowest BCUT2D eigenvalue weighted by molar-refractivity contribution is -0.139. The fourth-order valence-corrected chi connectivity index (χ4v) is 5.09. The predicted molar refractivity (Wildman–Crippen MR) is 133 cm³/mol. The van der Waals surface area contributed by atoms with Crippen LogP contribution in [0.15, 0.2) is 59.5 Å². The Morgan fingerprint density at radius 1 is 1.03 bits per heavy atom. The average molecular weight is 453 g/mol. The molecule has 1 N–H and O–H groups in total. The van der Waals surface area contributed by atoms with E-state index in [1.165, 1.54) is 42.2 Å². The molecule has 4 nitrogen and oxygen atoms in total. The van der Waals surface area contributed by atoms with Gasteiger partial charge in [0.1, 0.15) is 6.04 Å². The van der Waals surface area contributed by atoms with E-state index in [9.17, 15) is 9.59 Å². The number of hydrogen-bond donors (Lipinski definition) is 1. The summed E-state index contributed by atoms with van der Waals surface area (Å²) in [5, 5.41) is 3.24. The maximum Gasteiger partial charge on any atom is 0.243 e. The molecule has 1 saturated carbocycles. The smallest absolute Gasteiger partial charge is 0.243 e. The molecule has 1 aliphatic carbocycles. The summed E-state index contributed by atoms with van der Waals surface area (Å²) in [5.41, 5.74) is 2.38. The van der Waals surface area contributed by atoms with Gasteiger partial charge in [-0.1, -0.05) is 74.2 Å². The van der Waals surface area contributed by atoms with Crippen LogP contribution >= 0.6 is 11.8 Å². The van der Waals surface area contributed by atoms with Crippen LogP contribution in [0.2, 0.25) is 0 Å². The Labute approximate surface area is 197 Å². The number of aryl methyl sites for hydroxylation is 1. The zero-order valence-electron chi connectivity index (χ0n) is 19.4. The number of thioether (sulfide) groups is 1. The van der Waals surface area contributed by atoms with Crippen molar-refractivity contribution in [2.24, 2.45) is 0 Å². The van der Waals surface area contributed by atoms with Crippen LogP contribution in [-0.4, -0.2) is 41.1 Å². The molecule has 172 valence electrons. The summed E-state index contributed by atoms with van der Waals surface area (Å²) in [4.78, 5) is 29.4. The first kappa shape index (κ1) is 24.4. The second kappa shape index (κ2) is 12.7.